The van der Waals surface area contributed by atoms with E-state index in [9.17, 15) is 0 Å². The van der Waals surface area contributed by atoms with Gasteiger partial charge < -0.3 is 5.73 Å². The van der Waals surface area contributed by atoms with Crippen LogP contribution in [0, 0.1) is 6.92 Å². The van der Waals surface area contributed by atoms with Crippen LogP contribution in [0.2, 0.25) is 0 Å². The van der Waals surface area contributed by atoms with E-state index in [1.807, 2.05) is 6.92 Å². The average molecular weight is 216 g/mol. The maximum absolute atomic E-state index is 5.66. The first kappa shape index (κ1) is 8.77. The number of nitrogens with zero attached hydrogens (tertiary/aromatic N) is 7. The van der Waals surface area contributed by atoms with E-state index < -0.39 is 0 Å². The molecule has 3 aromatic heterocycles. The summed E-state index contributed by atoms with van der Waals surface area (Å²) in [7, 11) is 0. The summed E-state index contributed by atoms with van der Waals surface area (Å²) in [6.07, 6.45) is 1.80. The number of aryl methyl sites for hydroxylation is 1. The number of rotatable bonds is 1. The molecule has 3 aromatic rings. The highest BCUT2D eigenvalue weighted by Gasteiger charge is 2.06. The molecule has 0 atom stereocenters. The zero-order valence-corrected chi connectivity index (χ0v) is 8.44. The third-order valence-corrected chi connectivity index (χ3v) is 2.23. The maximum atomic E-state index is 5.66. The fourth-order valence-corrected chi connectivity index (χ4v) is 1.35. The quantitative estimate of drug-likeness (QED) is 0.593. The molecule has 8 nitrogen and oxygen atoms in total. The number of hydrogen-bond donors (Lipinski definition) is 1. The zero-order chi connectivity index (χ0) is 11.1. The lowest BCUT2D eigenvalue weighted by Gasteiger charge is -1.98. The maximum Gasteiger partial charge on any atom is 0.200 e. The molecule has 0 aliphatic rings. The van der Waals surface area contributed by atoms with E-state index in [4.69, 9.17) is 5.73 Å². The van der Waals surface area contributed by atoms with Gasteiger partial charge in [0.1, 0.15) is 5.82 Å². The van der Waals surface area contributed by atoms with Crippen molar-refractivity contribution >= 4 is 11.5 Å². The summed E-state index contributed by atoms with van der Waals surface area (Å²) in [4.78, 5) is 0. The van der Waals surface area contributed by atoms with Gasteiger partial charge in [0.2, 0.25) is 0 Å². The van der Waals surface area contributed by atoms with Gasteiger partial charge in [-0.3, -0.25) is 0 Å². The molecule has 0 radical (unpaired) electrons. The van der Waals surface area contributed by atoms with Crippen LogP contribution in [0.15, 0.2) is 18.3 Å². The molecule has 0 aliphatic heterocycles. The summed E-state index contributed by atoms with van der Waals surface area (Å²) in [5.41, 5.74) is 7.15. The Morgan fingerprint density at radius 2 is 2.12 bits per heavy atom. The molecular formula is C8H8N8. The van der Waals surface area contributed by atoms with Gasteiger partial charge in [-0.1, -0.05) is 0 Å². The molecule has 2 N–H and O–H groups in total. The first-order valence-corrected chi connectivity index (χ1v) is 4.61. The number of anilines is 1. The molecule has 0 fully saturated rings. The Morgan fingerprint density at radius 1 is 1.25 bits per heavy atom. The van der Waals surface area contributed by atoms with Crippen molar-refractivity contribution in [3.05, 3.63) is 23.9 Å². The van der Waals surface area contributed by atoms with Crippen molar-refractivity contribution in [1.82, 2.24) is 35.0 Å². The van der Waals surface area contributed by atoms with Crippen molar-refractivity contribution < 1.29 is 0 Å². The van der Waals surface area contributed by atoms with Crippen LogP contribution in [0.25, 0.3) is 11.5 Å². The largest absolute Gasteiger partial charge is 0.382 e. The van der Waals surface area contributed by atoms with Gasteiger partial charge in [-0.25, -0.2) is 4.68 Å². The molecule has 0 amide bonds. The molecule has 0 spiro atoms. The smallest absolute Gasteiger partial charge is 0.200 e. The van der Waals surface area contributed by atoms with Crippen molar-refractivity contribution in [2.45, 2.75) is 6.92 Å². The van der Waals surface area contributed by atoms with Gasteiger partial charge >= 0.3 is 0 Å². The Hall–Kier alpha value is -2.51. The molecule has 3 heterocycles. The fraction of sp³-hybridized carbons (Fsp3) is 0.125. The first-order valence-electron chi connectivity index (χ1n) is 4.61. The van der Waals surface area contributed by atoms with Crippen molar-refractivity contribution in [2.24, 2.45) is 0 Å². The summed E-state index contributed by atoms with van der Waals surface area (Å²) in [5.74, 6) is 1.10. The Morgan fingerprint density at radius 3 is 2.88 bits per heavy atom. The molecule has 80 valence electrons. The minimum Gasteiger partial charge on any atom is -0.382 e. The molecule has 0 saturated heterocycles. The van der Waals surface area contributed by atoms with E-state index in [-0.39, 0.29) is 0 Å². The second kappa shape index (κ2) is 2.99. The van der Waals surface area contributed by atoms with Crippen molar-refractivity contribution in [2.75, 3.05) is 5.73 Å². The van der Waals surface area contributed by atoms with Crippen molar-refractivity contribution in [3.8, 4) is 5.82 Å². The molecule has 0 unspecified atom stereocenters. The van der Waals surface area contributed by atoms with Crippen LogP contribution in [0.4, 0.5) is 5.82 Å². The highest BCUT2D eigenvalue weighted by Crippen LogP contribution is 2.10. The third-order valence-electron chi connectivity index (χ3n) is 2.23. The Bertz CT molecular complexity index is 631. The number of fused-ring (bicyclic) bond motifs is 1. The Balaban J connectivity index is 2.17. The van der Waals surface area contributed by atoms with Crippen LogP contribution < -0.4 is 5.73 Å². The summed E-state index contributed by atoms with van der Waals surface area (Å²) >= 11 is 0. The van der Waals surface area contributed by atoms with Crippen LogP contribution in [0.1, 0.15) is 5.56 Å². The van der Waals surface area contributed by atoms with Gasteiger partial charge in [0.15, 0.2) is 11.5 Å². The molecule has 0 saturated carbocycles. The van der Waals surface area contributed by atoms with E-state index in [1.54, 1.807) is 23.0 Å². The van der Waals surface area contributed by atoms with Gasteiger partial charge in [0.25, 0.3) is 0 Å². The Kier molecular flexibility index (Phi) is 1.64. The number of aromatic nitrogens is 7. The summed E-state index contributed by atoms with van der Waals surface area (Å²) in [6.45, 7) is 1.88. The SMILES string of the molecule is Cc1cn(-c2ccc3nnnn3n2)nc1N. The molecule has 3 rings (SSSR count). The molecule has 0 aromatic carbocycles. The van der Waals surface area contributed by atoms with Crippen LogP contribution in [0.3, 0.4) is 0 Å². The van der Waals surface area contributed by atoms with Gasteiger partial charge in [0.05, 0.1) is 0 Å². The number of tetrazole rings is 1. The summed E-state index contributed by atoms with van der Waals surface area (Å²) < 4.78 is 2.92. The lowest BCUT2D eigenvalue weighted by Crippen LogP contribution is -2.04. The molecule has 0 aliphatic carbocycles. The standard InChI is InChI=1S/C8H8N8/c1-5-4-15(12-8(5)9)7-3-2-6-10-13-14-16(6)11-7/h2-4H,1H3,(H2,9,12). The van der Waals surface area contributed by atoms with Gasteiger partial charge in [-0.05, 0) is 29.5 Å². The highest BCUT2D eigenvalue weighted by atomic mass is 15.6. The lowest BCUT2D eigenvalue weighted by molar-refractivity contribution is 0.702. The molecule has 16 heavy (non-hydrogen) atoms. The Labute approximate surface area is 89.7 Å². The van der Waals surface area contributed by atoms with E-state index in [0.717, 1.165) is 5.56 Å². The normalized spacial score (nSPS) is 11.1. The minimum atomic E-state index is 0.485. The van der Waals surface area contributed by atoms with Crippen LogP contribution in [0.5, 0.6) is 0 Å². The van der Waals surface area contributed by atoms with E-state index >= 15 is 0 Å². The second-order valence-electron chi connectivity index (χ2n) is 3.36. The van der Waals surface area contributed by atoms with E-state index in [2.05, 4.69) is 25.7 Å². The lowest BCUT2D eigenvalue weighted by atomic mass is 10.4. The monoisotopic (exact) mass is 216 g/mol. The van der Waals surface area contributed by atoms with Gasteiger partial charge in [0, 0.05) is 11.8 Å². The zero-order valence-electron chi connectivity index (χ0n) is 8.44. The molecule has 0 bridgehead atoms. The number of hydrogen-bond acceptors (Lipinski definition) is 6. The second-order valence-corrected chi connectivity index (χ2v) is 3.36. The molecule has 8 heteroatoms. The topological polar surface area (TPSA) is 99.8 Å². The highest BCUT2D eigenvalue weighted by molar-refractivity contribution is 5.41. The predicted octanol–water partition coefficient (Wildman–Crippen LogP) is -0.404. The number of nitrogens with two attached hydrogens (primary N) is 1. The predicted molar refractivity (Wildman–Crippen MR) is 54.8 cm³/mol. The summed E-state index contributed by atoms with van der Waals surface area (Å²) in [6, 6.07) is 3.53. The molecular weight excluding hydrogens is 208 g/mol. The van der Waals surface area contributed by atoms with E-state index in [1.165, 1.54) is 4.63 Å². The third kappa shape index (κ3) is 1.20. The first-order chi connectivity index (χ1) is 7.74. The van der Waals surface area contributed by atoms with Crippen LogP contribution >= 0.6 is 0 Å². The van der Waals surface area contributed by atoms with Crippen LogP contribution in [-0.4, -0.2) is 35.0 Å². The van der Waals surface area contributed by atoms with Crippen molar-refractivity contribution in [3.63, 3.8) is 0 Å². The average Bonchev–Trinajstić information content (AvgIpc) is 2.85. The number of nitrogen functional groups attached to an aromatic ring is 1. The fourth-order valence-electron chi connectivity index (χ4n) is 1.35. The van der Waals surface area contributed by atoms with E-state index in [0.29, 0.717) is 17.3 Å². The van der Waals surface area contributed by atoms with Crippen molar-refractivity contribution in [1.29, 1.82) is 0 Å². The van der Waals surface area contributed by atoms with Gasteiger partial charge in [-0.15, -0.1) is 19.9 Å². The summed E-state index contributed by atoms with van der Waals surface area (Å²) in [5, 5.41) is 19.3. The van der Waals surface area contributed by atoms with Crippen LogP contribution in [-0.2, 0) is 0 Å². The minimum absolute atomic E-state index is 0.485. The van der Waals surface area contributed by atoms with Gasteiger partial charge in [-0.2, -0.15) is 0 Å².